The molecule has 0 amide bonds. The Morgan fingerprint density at radius 2 is 2.32 bits per heavy atom. The number of fused-ring (bicyclic) bond motifs is 1. The Kier molecular flexibility index (Phi) is 4.16. The average Bonchev–Trinajstić information content (AvgIpc) is 2.77. The van der Waals surface area contributed by atoms with Crippen LogP contribution < -0.4 is 5.32 Å². The highest BCUT2D eigenvalue weighted by Gasteiger charge is 2.18. The molecule has 0 bridgehead atoms. The number of hydrogen-bond donors (Lipinski definition) is 3. The molecular formula is C14H19N3O2. The third kappa shape index (κ3) is 3.32. The zero-order chi connectivity index (χ0) is 13.8. The van der Waals surface area contributed by atoms with Gasteiger partial charge in [0.1, 0.15) is 11.7 Å². The van der Waals surface area contributed by atoms with Crippen molar-refractivity contribution in [3.63, 3.8) is 0 Å². The molecule has 2 aromatic heterocycles. The Balaban J connectivity index is 2.06. The Hall–Kier alpha value is -1.88. The van der Waals surface area contributed by atoms with E-state index in [1.54, 1.807) is 6.20 Å². The smallest absolute Gasteiger partial charge is 0.320 e. The van der Waals surface area contributed by atoms with Gasteiger partial charge in [-0.25, -0.2) is 4.98 Å². The first-order chi connectivity index (χ1) is 9.08. The van der Waals surface area contributed by atoms with Gasteiger partial charge in [-0.15, -0.1) is 0 Å². The SMILES string of the molecule is CC(C)CC(NCc1c[nH]c2ncccc12)C(=O)O. The molecule has 5 nitrogen and oxygen atoms in total. The fourth-order valence-electron chi connectivity index (χ4n) is 2.13. The zero-order valence-electron chi connectivity index (χ0n) is 11.2. The van der Waals surface area contributed by atoms with Crippen molar-refractivity contribution in [3.05, 3.63) is 30.1 Å². The van der Waals surface area contributed by atoms with Gasteiger partial charge in [0.15, 0.2) is 0 Å². The number of carbonyl (C=O) groups is 1. The van der Waals surface area contributed by atoms with Gasteiger partial charge in [-0.05, 0) is 30.0 Å². The van der Waals surface area contributed by atoms with Gasteiger partial charge in [0, 0.05) is 24.3 Å². The van der Waals surface area contributed by atoms with Gasteiger partial charge in [-0.2, -0.15) is 0 Å². The van der Waals surface area contributed by atoms with Crippen LogP contribution in [0.2, 0.25) is 0 Å². The van der Waals surface area contributed by atoms with E-state index < -0.39 is 12.0 Å². The lowest BCUT2D eigenvalue weighted by molar-refractivity contribution is -0.140. The van der Waals surface area contributed by atoms with Crippen LogP contribution in [0.15, 0.2) is 24.5 Å². The predicted molar refractivity (Wildman–Crippen MR) is 73.8 cm³/mol. The monoisotopic (exact) mass is 261 g/mol. The normalized spacial score (nSPS) is 13.0. The van der Waals surface area contributed by atoms with E-state index in [1.165, 1.54) is 0 Å². The Bertz CT molecular complexity index is 563. The van der Waals surface area contributed by atoms with E-state index in [0.717, 1.165) is 16.6 Å². The highest BCUT2D eigenvalue weighted by atomic mass is 16.4. The number of nitrogens with zero attached hydrogens (tertiary/aromatic N) is 1. The maximum Gasteiger partial charge on any atom is 0.320 e. The van der Waals surface area contributed by atoms with Crippen LogP contribution >= 0.6 is 0 Å². The Morgan fingerprint density at radius 3 is 3.00 bits per heavy atom. The number of pyridine rings is 1. The van der Waals surface area contributed by atoms with Crippen LogP contribution in [0.25, 0.3) is 11.0 Å². The number of carboxylic acid groups (broad SMARTS) is 1. The van der Waals surface area contributed by atoms with Crippen molar-refractivity contribution in [3.8, 4) is 0 Å². The molecule has 1 atom stereocenters. The minimum Gasteiger partial charge on any atom is -0.480 e. The second-order valence-corrected chi connectivity index (χ2v) is 5.11. The summed E-state index contributed by atoms with van der Waals surface area (Å²) in [6.45, 7) is 4.57. The summed E-state index contributed by atoms with van der Waals surface area (Å²) >= 11 is 0. The fourth-order valence-corrected chi connectivity index (χ4v) is 2.13. The molecule has 2 heterocycles. The molecular weight excluding hydrogens is 242 g/mol. The lowest BCUT2D eigenvalue weighted by atomic mass is 10.0. The van der Waals surface area contributed by atoms with Crippen molar-refractivity contribution in [2.75, 3.05) is 0 Å². The lowest BCUT2D eigenvalue weighted by Gasteiger charge is -2.16. The molecule has 102 valence electrons. The fraction of sp³-hybridized carbons (Fsp3) is 0.429. The van der Waals surface area contributed by atoms with Gasteiger partial charge in [0.2, 0.25) is 0 Å². The van der Waals surface area contributed by atoms with Crippen molar-refractivity contribution < 1.29 is 9.90 Å². The molecule has 0 saturated carbocycles. The zero-order valence-corrected chi connectivity index (χ0v) is 11.2. The van der Waals surface area contributed by atoms with Crippen molar-refractivity contribution in [1.29, 1.82) is 0 Å². The third-order valence-electron chi connectivity index (χ3n) is 3.08. The van der Waals surface area contributed by atoms with Crippen LogP contribution in [-0.4, -0.2) is 27.1 Å². The van der Waals surface area contributed by atoms with Gasteiger partial charge in [0.25, 0.3) is 0 Å². The van der Waals surface area contributed by atoms with E-state index in [-0.39, 0.29) is 0 Å². The molecule has 1 unspecified atom stereocenters. The number of H-pyrrole nitrogens is 1. The topological polar surface area (TPSA) is 78.0 Å². The first-order valence-corrected chi connectivity index (χ1v) is 6.45. The lowest BCUT2D eigenvalue weighted by Crippen LogP contribution is -2.37. The molecule has 0 aliphatic rings. The van der Waals surface area contributed by atoms with E-state index in [2.05, 4.69) is 15.3 Å². The maximum atomic E-state index is 11.2. The second kappa shape index (κ2) is 5.84. The standard InChI is InChI=1S/C14H19N3O2/c1-9(2)6-12(14(18)19)16-7-10-8-17-13-11(10)4-3-5-15-13/h3-5,8-9,12,16H,6-7H2,1-2H3,(H,15,17)(H,18,19). The van der Waals surface area contributed by atoms with E-state index in [9.17, 15) is 9.90 Å². The van der Waals surface area contributed by atoms with Crippen LogP contribution in [-0.2, 0) is 11.3 Å². The number of aliphatic carboxylic acids is 1. The van der Waals surface area contributed by atoms with E-state index in [1.807, 2.05) is 32.2 Å². The van der Waals surface area contributed by atoms with Gasteiger partial charge in [-0.1, -0.05) is 13.8 Å². The van der Waals surface area contributed by atoms with Gasteiger partial charge in [0.05, 0.1) is 0 Å². The highest BCUT2D eigenvalue weighted by Crippen LogP contribution is 2.16. The number of aromatic amines is 1. The first-order valence-electron chi connectivity index (χ1n) is 6.45. The largest absolute Gasteiger partial charge is 0.480 e. The summed E-state index contributed by atoms with van der Waals surface area (Å²) in [6.07, 6.45) is 4.23. The summed E-state index contributed by atoms with van der Waals surface area (Å²) in [7, 11) is 0. The molecule has 0 aliphatic carbocycles. The molecule has 0 aromatic carbocycles. The summed E-state index contributed by atoms with van der Waals surface area (Å²) in [5.74, 6) is -0.454. The maximum absolute atomic E-state index is 11.2. The number of carboxylic acids is 1. The van der Waals surface area contributed by atoms with Crippen LogP contribution in [0.3, 0.4) is 0 Å². The third-order valence-corrected chi connectivity index (χ3v) is 3.08. The summed E-state index contributed by atoms with van der Waals surface area (Å²) in [6, 6.07) is 3.35. The van der Waals surface area contributed by atoms with Gasteiger partial charge >= 0.3 is 5.97 Å². The van der Waals surface area contributed by atoms with Crippen molar-refractivity contribution in [1.82, 2.24) is 15.3 Å². The van der Waals surface area contributed by atoms with Crippen LogP contribution in [0.5, 0.6) is 0 Å². The van der Waals surface area contributed by atoms with Crippen LogP contribution in [0.4, 0.5) is 0 Å². The van der Waals surface area contributed by atoms with Crippen molar-refractivity contribution in [2.24, 2.45) is 5.92 Å². The molecule has 3 N–H and O–H groups in total. The Morgan fingerprint density at radius 1 is 1.53 bits per heavy atom. The number of hydrogen-bond acceptors (Lipinski definition) is 3. The molecule has 0 spiro atoms. The minimum atomic E-state index is -0.799. The molecule has 19 heavy (non-hydrogen) atoms. The van der Waals surface area contributed by atoms with Crippen molar-refractivity contribution in [2.45, 2.75) is 32.9 Å². The molecule has 5 heteroatoms. The summed E-state index contributed by atoms with van der Waals surface area (Å²) in [5, 5.41) is 13.3. The van der Waals surface area contributed by atoms with Crippen molar-refractivity contribution >= 4 is 17.0 Å². The summed E-state index contributed by atoms with van der Waals surface area (Å²) in [4.78, 5) is 18.5. The summed E-state index contributed by atoms with van der Waals surface area (Å²) < 4.78 is 0. The van der Waals surface area contributed by atoms with E-state index in [0.29, 0.717) is 18.9 Å². The van der Waals surface area contributed by atoms with Crippen LogP contribution in [0, 0.1) is 5.92 Å². The molecule has 0 saturated heterocycles. The van der Waals surface area contributed by atoms with E-state index in [4.69, 9.17) is 0 Å². The predicted octanol–water partition coefficient (Wildman–Crippen LogP) is 2.15. The molecule has 0 fully saturated rings. The second-order valence-electron chi connectivity index (χ2n) is 5.11. The Labute approximate surface area is 112 Å². The minimum absolute atomic E-state index is 0.346. The van der Waals surface area contributed by atoms with Gasteiger partial charge in [-0.3, -0.25) is 4.79 Å². The average molecular weight is 261 g/mol. The molecule has 0 radical (unpaired) electrons. The number of rotatable bonds is 6. The first kappa shape index (κ1) is 13.5. The quantitative estimate of drug-likeness (QED) is 0.744. The molecule has 2 rings (SSSR count). The molecule has 0 aliphatic heterocycles. The molecule has 2 aromatic rings. The summed E-state index contributed by atoms with van der Waals surface area (Å²) in [5.41, 5.74) is 1.87. The van der Waals surface area contributed by atoms with Crippen LogP contribution in [0.1, 0.15) is 25.8 Å². The van der Waals surface area contributed by atoms with E-state index >= 15 is 0 Å². The number of nitrogens with one attached hydrogen (secondary N) is 2. The highest BCUT2D eigenvalue weighted by molar-refractivity contribution is 5.79. The number of aromatic nitrogens is 2. The van der Waals surface area contributed by atoms with Gasteiger partial charge < -0.3 is 15.4 Å².